The Labute approximate surface area is 255 Å². The summed E-state index contributed by atoms with van der Waals surface area (Å²) in [4.78, 5) is 27.4. The number of anilines is 1. The van der Waals surface area contributed by atoms with Crippen molar-refractivity contribution in [1.29, 1.82) is 5.26 Å². The highest BCUT2D eigenvalue weighted by Crippen LogP contribution is 2.58. The molecule has 0 N–H and O–H groups in total. The quantitative estimate of drug-likeness (QED) is 0.341. The van der Waals surface area contributed by atoms with Crippen molar-refractivity contribution in [1.82, 2.24) is 19.8 Å². The summed E-state index contributed by atoms with van der Waals surface area (Å²) >= 11 is 0. The summed E-state index contributed by atoms with van der Waals surface area (Å²) in [5.74, 6) is -1.83. The number of aromatic nitrogens is 2. The van der Waals surface area contributed by atoms with Crippen LogP contribution < -0.4 is 9.64 Å². The zero-order chi connectivity index (χ0) is 30.6. The van der Waals surface area contributed by atoms with Crippen LogP contribution in [0.1, 0.15) is 49.7 Å². The van der Waals surface area contributed by atoms with Crippen LogP contribution in [0.15, 0.2) is 42.7 Å². The minimum absolute atomic E-state index is 0.00895. The molecule has 10 heteroatoms. The first-order chi connectivity index (χ1) is 21.3. The molecule has 0 bridgehead atoms. The molecule has 1 spiro atoms. The Morgan fingerprint density at radius 2 is 1.98 bits per heavy atom. The molecule has 4 aliphatic rings. The Kier molecular flexibility index (Phi) is 7.24. The van der Waals surface area contributed by atoms with E-state index in [4.69, 9.17) is 9.72 Å². The molecular formula is C34H36F2N6O2. The van der Waals surface area contributed by atoms with Crippen LogP contribution in [0.3, 0.4) is 0 Å². The van der Waals surface area contributed by atoms with Gasteiger partial charge in [0.1, 0.15) is 17.9 Å². The average Bonchev–Trinajstić information content (AvgIpc) is 3.56. The molecule has 2 aliphatic carbocycles. The Morgan fingerprint density at radius 1 is 1.14 bits per heavy atom. The molecule has 2 aliphatic heterocycles. The van der Waals surface area contributed by atoms with Crippen LogP contribution in [-0.4, -0.2) is 77.6 Å². The molecule has 3 aromatic rings. The number of halogens is 2. The van der Waals surface area contributed by atoms with Crippen LogP contribution in [0, 0.1) is 17.1 Å². The van der Waals surface area contributed by atoms with Crippen molar-refractivity contribution in [2.45, 2.75) is 62.4 Å². The number of nitriles is 1. The van der Waals surface area contributed by atoms with Crippen LogP contribution in [0.5, 0.6) is 6.01 Å². The van der Waals surface area contributed by atoms with Crippen molar-refractivity contribution in [2.75, 3.05) is 44.7 Å². The lowest BCUT2D eigenvalue weighted by Gasteiger charge is -2.41. The van der Waals surface area contributed by atoms with E-state index in [1.807, 2.05) is 29.2 Å². The molecule has 1 saturated carbocycles. The smallest absolute Gasteiger partial charge is 0.319 e. The lowest BCUT2D eigenvalue weighted by atomic mass is 9.92. The molecule has 2 saturated heterocycles. The molecule has 1 aromatic heterocycles. The topological polar surface area (TPSA) is 85.6 Å². The number of fused-ring (bicyclic) bond motifs is 3. The maximum absolute atomic E-state index is 16.7. The van der Waals surface area contributed by atoms with Crippen molar-refractivity contribution >= 4 is 22.6 Å². The predicted octanol–water partition coefficient (Wildman–Crippen LogP) is 5.30. The minimum atomic E-state index is -1.06. The molecule has 2 aromatic carbocycles. The van der Waals surface area contributed by atoms with Gasteiger partial charge in [-0.1, -0.05) is 30.8 Å². The second-order valence-corrected chi connectivity index (χ2v) is 12.7. The van der Waals surface area contributed by atoms with Gasteiger partial charge >= 0.3 is 6.01 Å². The third-order valence-corrected chi connectivity index (χ3v) is 10.2. The number of amides is 1. The van der Waals surface area contributed by atoms with E-state index >= 15 is 4.39 Å². The van der Waals surface area contributed by atoms with Crippen LogP contribution in [0.4, 0.5) is 14.6 Å². The molecule has 0 radical (unpaired) electrons. The normalized spacial score (nSPS) is 22.3. The summed E-state index contributed by atoms with van der Waals surface area (Å²) in [6.45, 7) is 5.24. The Balaban J connectivity index is 1.29. The minimum Gasteiger partial charge on any atom is -0.462 e. The highest BCUT2D eigenvalue weighted by atomic mass is 19.1. The lowest BCUT2D eigenvalue weighted by molar-refractivity contribution is -0.131. The van der Waals surface area contributed by atoms with Crippen molar-refractivity contribution < 1.29 is 18.3 Å². The van der Waals surface area contributed by atoms with E-state index in [1.54, 1.807) is 0 Å². The molecule has 44 heavy (non-hydrogen) atoms. The first-order valence-electron chi connectivity index (χ1n) is 15.5. The van der Waals surface area contributed by atoms with Gasteiger partial charge < -0.3 is 19.4 Å². The lowest BCUT2D eigenvalue weighted by Crippen LogP contribution is -2.55. The Bertz CT molecular complexity index is 1700. The van der Waals surface area contributed by atoms with Gasteiger partial charge in [-0.2, -0.15) is 15.2 Å². The number of hydrogen-bond donors (Lipinski definition) is 0. The van der Waals surface area contributed by atoms with Gasteiger partial charge in [-0.3, -0.25) is 4.79 Å². The Hall–Kier alpha value is -4.10. The molecule has 3 fully saturated rings. The standard InChI is InChI=1S/C34H36F2N6O2/c1-21(35)32(43)42-18-17-41(19-22(42)11-15-37)31-27-9-8-26(24-6-3-7-28-25(24)10-12-34(28)13-14-34)29(36)30(27)38-33(39-31)44-20-23-5-4-16-40(23)2/h3,6-9,22-23H,1,4-5,10-14,16-20H2,2H3/t22-,23-/m0/s1. The van der Waals surface area contributed by atoms with Crippen molar-refractivity contribution in [3.63, 3.8) is 0 Å². The number of carbonyl (C=O) groups is 1. The molecule has 2 atom stereocenters. The van der Waals surface area contributed by atoms with Crippen molar-refractivity contribution in [3.8, 4) is 23.2 Å². The second kappa shape index (κ2) is 11.1. The fourth-order valence-corrected chi connectivity index (χ4v) is 7.53. The van der Waals surface area contributed by atoms with E-state index in [0.717, 1.165) is 37.8 Å². The van der Waals surface area contributed by atoms with Crippen LogP contribution >= 0.6 is 0 Å². The number of piperazine rings is 1. The molecule has 0 unspecified atom stereocenters. The van der Waals surface area contributed by atoms with Gasteiger partial charge in [0.05, 0.1) is 18.5 Å². The first kappa shape index (κ1) is 28.7. The number of benzene rings is 2. The van der Waals surface area contributed by atoms with Gasteiger partial charge in [-0.05, 0) is 80.3 Å². The van der Waals surface area contributed by atoms with Gasteiger partial charge in [0.25, 0.3) is 5.91 Å². The molecule has 7 rings (SSSR count). The molecule has 3 heterocycles. The molecular weight excluding hydrogens is 562 g/mol. The van der Waals surface area contributed by atoms with E-state index < -0.39 is 23.6 Å². The highest BCUT2D eigenvalue weighted by molar-refractivity contribution is 5.94. The highest BCUT2D eigenvalue weighted by Gasteiger charge is 2.49. The number of ether oxygens (including phenoxy) is 1. The number of likely N-dealkylation sites (N-methyl/N-ethyl adjacent to an activating group) is 1. The van der Waals surface area contributed by atoms with Crippen LogP contribution in [0.25, 0.3) is 22.0 Å². The maximum atomic E-state index is 16.7. The van der Waals surface area contributed by atoms with E-state index in [-0.39, 0.29) is 42.5 Å². The molecule has 228 valence electrons. The van der Waals surface area contributed by atoms with Crippen LogP contribution in [0.2, 0.25) is 0 Å². The van der Waals surface area contributed by atoms with Crippen molar-refractivity contribution in [3.05, 3.63) is 59.7 Å². The monoisotopic (exact) mass is 598 g/mol. The largest absolute Gasteiger partial charge is 0.462 e. The van der Waals surface area contributed by atoms with Crippen LogP contribution in [-0.2, 0) is 16.6 Å². The van der Waals surface area contributed by atoms with Gasteiger partial charge in [-0.15, -0.1) is 0 Å². The number of hydrogen-bond acceptors (Lipinski definition) is 7. The van der Waals surface area contributed by atoms with E-state index in [2.05, 4.69) is 35.6 Å². The summed E-state index contributed by atoms with van der Waals surface area (Å²) in [5.41, 5.74) is 4.46. The van der Waals surface area contributed by atoms with E-state index in [1.165, 1.54) is 28.9 Å². The maximum Gasteiger partial charge on any atom is 0.319 e. The number of nitrogens with zero attached hydrogens (tertiary/aromatic N) is 6. The van der Waals surface area contributed by atoms with Gasteiger partial charge in [0.2, 0.25) is 0 Å². The SMILES string of the molecule is C=C(F)C(=O)N1CCN(c2nc(OC[C@@H]3CCCN3C)nc3c(F)c(-c4cccc5c4CCC54CC4)ccc23)C[C@@H]1CC#N. The third-order valence-electron chi connectivity index (χ3n) is 10.2. The fourth-order valence-electron chi connectivity index (χ4n) is 7.53. The summed E-state index contributed by atoms with van der Waals surface area (Å²) in [6, 6.07) is 11.7. The number of rotatable bonds is 7. The summed E-state index contributed by atoms with van der Waals surface area (Å²) in [5, 5.41) is 10.0. The summed E-state index contributed by atoms with van der Waals surface area (Å²) < 4.78 is 36.6. The number of likely N-dealkylation sites (tertiary alicyclic amines) is 1. The predicted molar refractivity (Wildman–Crippen MR) is 164 cm³/mol. The van der Waals surface area contributed by atoms with Gasteiger partial charge in [0, 0.05) is 36.6 Å². The fraction of sp³-hybridized carbons (Fsp3) is 0.471. The van der Waals surface area contributed by atoms with Crippen molar-refractivity contribution in [2.24, 2.45) is 0 Å². The first-order valence-corrected chi connectivity index (χ1v) is 15.5. The Morgan fingerprint density at radius 3 is 2.70 bits per heavy atom. The van der Waals surface area contributed by atoms with E-state index in [9.17, 15) is 14.4 Å². The summed E-state index contributed by atoms with van der Waals surface area (Å²) in [7, 11) is 2.06. The third kappa shape index (κ3) is 4.87. The summed E-state index contributed by atoms with van der Waals surface area (Å²) in [6.07, 6.45) is 6.54. The van der Waals surface area contributed by atoms with Gasteiger partial charge in [0.15, 0.2) is 11.6 Å². The number of carbonyl (C=O) groups excluding carboxylic acids is 1. The second-order valence-electron chi connectivity index (χ2n) is 12.7. The molecule has 1 amide bonds. The van der Waals surface area contributed by atoms with Gasteiger partial charge in [-0.25, -0.2) is 8.78 Å². The average molecular weight is 599 g/mol. The zero-order valence-electron chi connectivity index (χ0n) is 25.0. The van der Waals surface area contributed by atoms with E-state index in [0.29, 0.717) is 29.9 Å². The zero-order valence-corrected chi connectivity index (χ0v) is 25.0. The molecule has 8 nitrogen and oxygen atoms in total.